The molecule has 0 aliphatic rings. The lowest BCUT2D eigenvalue weighted by Gasteiger charge is -2.20. The zero-order chi connectivity index (χ0) is 15.2. The number of rotatable bonds is 5. The van der Waals surface area contributed by atoms with Gasteiger partial charge in [-0.3, -0.25) is 4.79 Å². The van der Waals surface area contributed by atoms with Gasteiger partial charge in [0.2, 0.25) is 5.91 Å². The molecule has 0 unspecified atom stereocenters. The van der Waals surface area contributed by atoms with Crippen molar-refractivity contribution in [3.05, 3.63) is 35.4 Å². The molecule has 1 aromatic rings. The molecule has 0 bridgehead atoms. The van der Waals surface area contributed by atoms with Gasteiger partial charge in [-0.25, -0.2) is 0 Å². The first-order valence-corrected chi connectivity index (χ1v) is 6.41. The van der Waals surface area contributed by atoms with Gasteiger partial charge in [-0.15, -0.1) is 0 Å². The minimum Gasteiger partial charge on any atom is -0.409 e. The van der Waals surface area contributed by atoms with Gasteiger partial charge in [-0.05, 0) is 26.3 Å². The second-order valence-electron chi connectivity index (χ2n) is 5.54. The van der Waals surface area contributed by atoms with Crippen LogP contribution in [0.1, 0.15) is 31.9 Å². The van der Waals surface area contributed by atoms with Crippen LogP contribution in [0.3, 0.4) is 0 Å². The number of carbonyl (C=O) groups excluding carboxylic acids is 1. The largest absolute Gasteiger partial charge is 0.409 e. The second-order valence-corrected chi connectivity index (χ2v) is 5.54. The van der Waals surface area contributed by atoms with E-state index in [2.05, 4.69) is 15.8 Å². The Labute approximate surface area is 119 Å². The van der Waals surface area contributed by atoms with Gasteiger partial charge < -0.3 is 21.6 Å². The molecule has 0 fully saturated rings. The summed E-state index contributed by atoms with van der Waals surface area (Å²) < 4.78 is 0. The van der Waals surface area contributed by atoms with E-state index in [4.69, 9.17) is 10.9 Å². The van der Waals surface area contributed by atoms with Crippen molar-refractivity contribution in [2.45, 2.75) is 32.9 Å². The highest BCUT2D eigenvalue weighted by Gasteiger charge is 2.13. The molecule has 0 heterocycles. The summed E-state index contributed by atoms with van der Waals surface area (Å²) in [7, 11) is 0. The summed E-state index contributed by atoms with van der Waals surface area (Å²) in [5.41, 5.74) is 6.88. The molecule has 1 amide bonds. The summed E-state index contributed by atoms with van der Waals surface area (Å²) in [4.78, 5) is 11.7. The van der Waals surface area contributed by atoms with Crippen molar-refractivity contribution in [3.8, 4) is 0 Å². The van der Waals surface area contributed by atoms with Crippen molar-refractivity contribution in [2.24, 2.45) is 10.9 Å². The number of amides is 1. The molecule has 0 spiro atoms. The molecule has 0 atom stereocenters. The van der Waals surface area contributed by atoms with Crippen molar-refractivity contribution in [1.29, 1.82) is 0 Å². The summed E-state index contributed by atoms with van der Waals surface area (Å²) in [5.74, 6) is -0.0136. The topological polar surface area (TPSA) is 99.7 Å². The van der Waals surface area contributed by atoms with E-state index in [0.29, 0.717) is 12.1 Å². The number of benzene rings is 1. The maximum absolute atomic E-state index is 11.7. The van der Waals surface area contributed by atoms with E-state index in [1.54, 1.807) is 6.07 Å². The van der Waals surface area contributed by atoms with Crippen molar-refractivity contribution in [3.63, 3.8) is 0 Å². The molecule has 0 aliphatic carbocycles. The summed E-state index contributed by atoms with van der Waals surface area (Å²) in [6.45, 7) is 6.46. The average molecular weight is 278 g/mol. The van der Waals surface area contributed by atoms with E-state index in [1.807, 2.05) is 39.0 Å². The predicted molar refractivity (Wildman–Crippen MR) is 78.6 cm³/mol. The molecule has 0 aromatic heterocycles. The summed E-state index contributed by atoms with van der Waals surface area (Å²) in [5, 5.41) is 17.6. The highest BCUT2D eigenvalue weighted by molar-refractivity contribution is 5.98. The number of hydrogen-bond acceptors (Lipinski definition) is 4. The third kappa shape index (κ3) is 5.27. The molecule has 0 radical (unpaired) electrons. The number of nitrogens with two attached hydrogens (primary N) is 1. The van der Waals surface area contributed by atoms with Crippen LogP contribution in [0.15, 0.2) is 29.4 Å². The molecular formula is C14H22N4O2. The van der Waals surface area contributed by atoms with E-state index >= 15 is 0 Å². The Balaban J connectivity index is 2.57. The zero-order valence-corrected chi connectivity index (χ0v) is 12.1. The number of nitrogens with zero attached hydrogens (tertiary/aromatic N) is 1. The Kier molecular flexibility index (Phi) is 5.52. The first kappa shape index (κ1) is 16.0. The predicted octanol–water partition coefficient (Wildman–Crippen LogP) is 0.785. The van der Waals surface area contributed by atoms with Crippen molar-refractivity contribution in [1.82, 2.24) is 10.6 Å². The second kappa shape index (κ2) is 6.91. The average Bonchev–Trinajstić information content (AvgIpc) is 2.36. The minimum absolute atomic E-state index is 0.0570. The van der Waals surface area contributed by atoms with Crippen LogP contribution >= 0.6 is 0 Å². The van der Waals surface area contributed by atoms with Crippen LogP contribution in [0, 0.1) is 0 Å². The van der Waals surface area contributed by atoms with Gasteiger partial charge in [0.25, 0.3) is 0 Å². The minimum atomic E-state index is -0.245. The lowest BCUT2D eigenvalue weighted by molar-refractivity contribution is -0.121. The molecule has 1 aromatic carbocycles. The lowest BCUT2D eigenvalue weighted by atomic mass is 10.1. The molecular weight excluding hydrogens is 256 g/mol. The Morgan fingerprint density at radius 2 is 2.00 bits per heavy atom. The van der Waals surface area contributed by atoms with Crippen molar-refractivity contribution < 1.29 is 10.0 Å². The maximum atomic E-state index is 11.7. The van der Waals surface area contributed by atoms with Gasteiger partial charge in [-0.2, -0.15) is 0 Å². The standard InChI is InChI=1S/C14H22N4O2/c1-14(2,3)17-12(19)9-16-8-10-6-4-5-7-11(10)13(15)18-20/h4-7,16,20H,8-9H2,1-3H3,(H2,15,18)(H,17,19). The van der Waals surface area contributed by atoms with Crippen LogP contribution in [0.5, 0.6) is 0 Å². The zero-order valence-electron chi connectivity index (χ0n) is 12.1. The van der Waals surface area contributed by atoms with Crippen LogP contribution in [-0.4, -0.2) is 29.0 Å². The monoisotopic (exact) mass is 278 g/mol. The van der Waals surface area contributed by atoms with Crippen LogP contribution in [-0.2, 0) is 11.3 Å². The van der Waals surface area contributed by atoms with E-state index in [1.165, 1.54) is 0 Å². The number of nitrogens with one attached hydrogen (secondary N) is 2. The van der Waals surface area contributed by atoms with Crippen LogP contribution in [0.2, 0.25) is 0 Å². The normalized spacial score (nSPS) is 12.2. The molecule has 6 nitrogen and oxygen atoms in total. The third-order valence-electron chi connectivity index (χ3n) is 2.52. The maximum Gasteiger partial charge on any atom is 0.234 e. The number of hydrogen-bond donors (Lipinski definition) is 4. The summed E-state index contributed by atoms with van der Waals surface area (Å²) in [6.07, 6.45) is 0. The van der Waals surface area contributed by atoms with E-state index in [-0.39, 0.29) is 23.8 Å². The molecule has 110 valence electrons. The fourth-order valence-electron chi connectivity index (χ4n) is 1.75. The van der Waals surface area contributed by atoms with Gasteiger partial charge in [-0.1, -0.05) is 29.4 Å². The molecule has 0 aliphatic heterocycles. The fraction of sp³-hybridized carbons (Fsp3) is 0.429. The molecule has 20 heavy (non-hydrogen) atoms. The smallest absolute Gasteiger partial charge is 0.234 e. The highest BCUT2D eigenvalue weighted by atomic mass is 16.4. The van der Waals surface area contributed by atoms with Gasteiger partial charge in [0.1, 0.15) is 0 Å². The van der Waals surface area contributed by atoms with Gasteiger partial charge in [0.05, 0.1) is 6.54 Å². The number of carbonyl (C=O) groups is 1. The fourth-order valence-corrected chi connectivity index (χ4v) is 1.75. The number of oxime groups is 1. The molecule has 0 saturated heterocycles. The van der Waals surface area contributed by atoms with E-state index in [9.17, 15) is 4.79 Å². The lowest BCUT2D eigenvalue weighted by Crippen LogP contribution is -2.44. The highest BCUT2D eigenvalue weighted by Crippen LogP contribution is 2.08. The molecule has 5 N–H and O–H groups in total. The Morgan fingerprint density at radius 3 is 2.60 bits per heavy atom. The first-order chi connectivity index (χ1) is 9.33. The van der Waals surface area contributed by atoms with Crippen LogP contribution < -0.4 is 16.4 Å². The quantitative estimate of drug-likeness (QED) is 0.277. The molecule has 6 heteroatoms. The third-order valence-corrected chi connectivity index (χ3v) is 2.52. The van der Waals surface area contributed by atoms with Gasteiger partial charge in [0, 0.05) is 17.6 Å². The van der Waals surface area contributed by atoms with Crippen LogP contribution in [0.4, 0.5) is 0 Å². The van der Waals surface area contributed by atoms with E-state index in [0.717, 1.165) is 5.56 Å². The Bertz CT molecular complexity index is 492. The molecule has 0 saturated carbocycles. The molecule has 1 rings (SSSR count). The summed E-state index contributed by atoms with van der Waals surface area (Å²) >= 11 is 0. The van der Waals surface area contributed by atoms with Gasteiger partial charge >= 0.3 is 0 Å². The van der Waals surface area contributed by atoms with Crippen molar-refractivity contribution >= 4 is 11.7 Å². The van der Waals surface area contributed by atoms with Crippen LogP contribution in [0.25, 0.3) is 0 Å². The summed E-state index contributed by atoms with van der Waals surface area (Å²) in [6, 6.07) is 7.30. The van der Waals surface area contributed by atoms with E-state index < -0.39 is 0 Å². The van der Waals surface area contributed by atoms with Crippen molar-refractivity contribution in [2.75, 3.05) is 6.54 Å². The Morgan fingerprint density at radius 1 is 1.35 bits per heavy atom. The number of amidine groups is 1. The Hall–Kier alpha value is -2.08. The van der Waals surface area contributed by atoms with Gasteiger partial charge in [0.15, 0.2) is 5.84 Å². The first-order valence-electron chi connectivity index (χ1n) is 6.41. The SMILES string of the molecule is CC(C)(C)NC(=O)CNCc1ccccc1/C(N)=N/O.